The second-order valence-electron chi connectivity index (χ2n) is 42.2. The summed E-state index contributed by atoms with van der Waals surface area (Å²) in [5, 5.41) is 17.7. The van der Waals surface area contributed by atoms with E-state index in [-0.39, 0.29) is 59.0 Å². The van der Waals surface area contributed by atoms with Gasteiger partial charge in [-0.05, 0) is 378 Å². The summed E-state index contributed by atoms with van der Waals surface area (Å²) in [5.74, 6) is 0. The van der Waals surface area contributed by atoms with Crippen molar-refractivity contribution in [3.8, 4) is 50.4 Å². The maximum absolute atomic E-state index is 6.28. The highest BCUT2D eigenvalue weighted by molar-refractivity contribution is 14.1. The van der Waals surface area contributed by atoms with Gasteiger partial charge in [-0.2, -0.15) is 0 Å². The summed E-state index contributed by atoms with van der Waals surface area (Å²) in [6.45, 7) is 32.9. The van der Waals surface area contributed by atoms with Crippen LogP contribution in [0, 0.1) is 3.57 Å². The minimum absolute atomic E-state index is 0.343. The van der Waals surface area contributed by atoms with Crippen molar-refractivity contribution in [2.45, 2.75) is 162 Å². The zero-order valence-corrected chi connectivity index (χ0v) is 90.9. The molecule has 0 bridgehead atoms. The van der Waals surface area contributed by atoms with Gasteiger partial charge in [-0.15, -0.1) is 0 Å². The Morgan fingerprint density at radius 3 is 0.972 bits per heavy atom. The van der Waals surface area contributed by atoms with E-state index in [2.05, 4.69) is 516 Å². The minimum atomic E-state index is -0.476. The quantitative estimate of drug-likeness (QED) is 0.110. The van der Waals surface area contributed by atoms with E-state index in [0.29, 0.717) is 0 Å². The predicted octanol–water partition coefficient (Wildman–Crippen LogP) is 33.0. The van der Waals surface area contributed by atoms with Gasteiger partial charge in [-0.25, -0.2) is 0 Å². The van der Waals surface area contributed by atoms with Gasteiger partial charge in [0.2, 0.25) is 0 Å². The fourth-order valence-electron chi connectivity index (χ4n) is 20.1. The summed E-state index contributed by atoms with van der Waals surface area (Å²) in [4.78, 5) is 0. The molecule has 0 radical (unpaired) electrons. The zero-order chi connectivity index (χ0) is 100. The number of nitrogens with zero attached hydrogens (tertiary/aromatic N) is 3. The second-order valence-corrected chi connectivity index (χ2v) is 46.1. The van der Waals surface area contributed by atoms with E-state index in [1.165, 1.54) is 172 Å². The van der Waals surface area contributed by atoms with Gasteiger partial charge in [-0.3, -0.25) is 0 Å². The second kappa shape index (κ2) is 38.7. The molecular weight excluding hydrogens is 2080 g/mol. The molecule has 144 heavy (non-hydrogen) atoms. The van der Waals surface area contributed by atoms with Crippen molar-refractivity contribution in [1.82, 2.24) is 13.7 Å². The third-order valence-corrected chi connectivity index (χ3v) is 33.1. The van der Waals surface area contributed by atoms with E-state index in [0.717, 1.165) is 32.0 Å². The Hall–Kier alpha value is -11.5. The maximum atomic E-state index is 6.28. The number of fused-ring (bicyclic) bond motifs is 17. The van der Waals surface area contributed by atoms with Crippen molar-refractivity contribution in [2.75, 3.05) is 0 Å². The van der Waals surface area contributed by atoms with Gasteiger partial charge in [0.1, 0.15) is 0 Å². The lowest BCUT2D eigenvalue weighted by Gasteiger charge is -2.32. The van der Waals surface area contributed by atoms with Crippen molar-refractivity contribution < 1.29 is 37.2 Å². The highest BCUT2D eigenvalue weighted by atomic mass is 127. The predicted molar refractivity (Wildman–Crippen MR) is 624 cm³/mol. The van der Waals surface area contributed by atoms with Crippen molar-refractivity contribution in [1.29, 1.82) is 0 Å². The van der Waals surface area contributed by atoms with Crippen LogP contribution in [-0.4, -0.2) is 86.8 Å². The molecule has 5 aliphatic rings. The first kappa shape index (κ1) is 98.5. The van der Waals surface area contributed by atoms with Crippen LogP contribution in [0.15, 0.2) is 396 Å². The first-order valence-electron chi connectivity index (χ1n) is 49.5. The Bertz CT molecular complexity index is 8380. The van der Waals surface area contributed by atoms with Crippen LogP contribution in [-0.2, 0) is 43.7 Å². The number of benzene rings is 18. The Labute approximate surface area is 884 Å². The molecule has 18 aromatic carbocycles. The van der Waals surface area contributed by atoms with Crippen molar-refractivity contribution >= 4 is 218 Å². The highest BCUT2D eigenvalue weighted by Gasteiger charge is 2.64. The number of hydrogen-bond acceptors (Lipinski definition) is 8. The Balaban J connectivity index is 0.000000105. The molecule has 4 fully saturated rings. The van der Waals surface area contributed by atoms with Crippen LogP contribution < -0.4 is 10.9 Å². The molecule has 4 aliphatic heterocycles. The monoisotopic (exact) mass is 2190 g/mol. The normalized spacial score (nSPS) is 16.8. The molecule has 0 unspecified atom stereocenters. The molecule has 1 aliphatic carbocycles. The Morgan fingerprint density at radius 1 is 0.236 bits per heavy atom. The molecule has 11 nitrogen and oxygen atoms in total. The number of rotatable bonds is 8. The molecule has 0 N–H and O–H groups in total. The van der Waals surface area contributed by atoms with E-state index in [1.54, 1.807) is 0 Å². The number of aromatic nitrogens is 3. The first-order valence-corrected chi connectivity index (χ1v) is 53.0. The first-order chi connectivity index (χ1) is 68.9. The summed E-state index contributed by atoms with van der Waals surface area (Å²) in [5.41, 5.74) is 20.7. The fraction of sp³-hybridized carbons (Fsp3) is 0.200. The van der Waals surface area contributed by atoms with E-state index in [9.17, 15) is 0 Å². The summed E-state index contributed by atoms with van der Waals surface area (Å²) in [6, 6.07) is 136. The average molecular weight is 2200 g/mol. The molecule has 21 aromatic rings. The van der Waals surface area contributed by atoms with Gasteiger partial charge in [-0.1, -0.05) is 290 Å². The lowest BCUT2D eigenvalue weighted by Crippen LogP contribution is -2.41. The Kier molecular flexibility index (Phi) is 26.5. The van der Waals surface area contributed by atoms with Crippen LogP contribution in [0.2, 0.25) is 0 Å². The summed E-state index contributed by atoms with van der Waals surface area (Å²) in [6.07, 6.45) is 1.05. The maximum Gasteiger partial charge on any atom is 0.494 e. The van der Waals surface area contributed by atoms with Crippen LogP contribution >= 0.6 is 70.4 Å². The van der Waals surface area contributed by atoms with E-state index < -0.39 is 14.0 Å². The molecule has 4 saturated heterocycles. The van der Waals surface area contributed by atoms with Gasteiger partial charge >= 0.3 is 28.3 Å². The molecular formula is C125H113B4Br3IN3O8. The summed E-state index contributed by atoms with van der Waals surface area (Å²) >= 11 is 13.0. The molecule has 0 atom stereocenters. The number of para-hydroxylation sites is 6. The summed E-state index contributed by atoms with van der Waals surface area (Å²) in [7, 11) is -1.66. The Morgan fingerprint density at radius 2 is 0.535 bits per heavy atom. The van der Waals surface area contributed by atoms with Gasteiger partial charge in [0.15, 0.2) is 0 Å². The van der Waals surface area contributed by atoms with Crippen molar-refractivity contribution in [3.63, 3.8) is 0 Å². The third-order valence-electron chi connectivity index (χ3n) is 30.7. The van der Waals surface area contributed by atoms with E-state index >= 15 is 0 Å². The largest absolute Gasteiger partial charge is 0.494 e. The van der Waals surface area contributed by atoms with E-state index in [4.69, 9.17) is 37.2 Å². The van der Waals surface area contributed by atoms with Gasteiger partial charge in [0, 0.05) is 66.4 Å². The lowest BCUT2D eigenvalue weighted by atomic mass is 9.49. The fourth-order valence-corrected chi connectivity index (χ4v) is 22.0. The van der Waals surface area contributed by atoms with E-state index in [1.807, 2.05) is 61.5 Å². The molecule has 0 spiro atoms. The smallest absolute Gasteiger partial charge is 0.405 e. The van der Waals surface area contributed by atoms with Crippen LogP contribution in [0.1, 0.15) is 122 Å². The topological polar surface area (TPSA) is 88.6 Å². The van der Waals surface area contributed by atoms with Crippen LogP contribution in [0.5, 0.6) is 0 Å². The lowest BCUT2D eigenvalue weighted by molar-refractivity contribution is 0.00578. The minimum Gasteiger partial charge on any atom is -0.405 e. The molecule has 19 heteroatoms. The summed E-state index contributed by atoms with van der Waals surface area (Å²) < 4.78 is 60.7. The molecule has 3 aromatic heterocycles. The van der Waals surface area contributed by atoms with Gasteiger partial charge < -0.3 is 50.9 Å². The number of hydrogen-bond donors (Lipinski definition) is 0. The average Bonchev–Trinajstić information content (AvgIpc) is 1.56. The SMILES string of the molecule is Brc1cc2c(c3ccccc13)-c1ccccc1C2.Brc1ccc2cc(-c3ccc4c(c3)c3ccccc3n4-c3ccccc3)ccc2c1.Brc1ccc2cc(I)ccc2c1.CC1(C)OB(B2OC(C)(C)C(C)(C)O2)OC1(C)C.CC1(C)OB(c2ccc3c(c2)c2ccccc2n3-c2ccccc2)OC1(C)C.CC1(C)OB(c2ccc3cc(-c4ccc5c(c4)c4ccccc4n5-c4ccccc4)ccc3c2)OC1(C)C. The van der Waals surface area contributed by atoms with Crippen molar-refractivity contribution in [2.24, 2.45) is 0 Å². The molecule has 0 saturated carbocycles. The number of halogens is 4. The van der Waals surface area contributed by atoms with Crippen LogP contribution in [0.4, 0.5) is 0 Å². The highest BCUT2D eigenvalue weighted by Crippen LogP contribution is 2.48. The standard InChI is InChI=1S/C34H30BNO2.C28H18BrN.C24H24BNO2.C17H11Br.C12H24B2O4.C10H6BrI/c1-33(2)34(3,4)38-35(37-33)27-18-16-24-20-23(14-15-25(24)21-27)26-17-19-32-30(22-26)29-12-8-9-13-31(29)36(32)28-10-6-5-7-11-28;29-23-14-12-20-16-19(10-11-21(20)17-23)22-13-15-28-26(18-22)25-8-4-5-9-27(25)30(28)24-6-2-1-3-7-24;1-23(2)24(3,4)28-25(27-23)17-14-15-22-20(16-17)19-12-8-9-13-21(19)26(22)18-10-6-5-7-11-18;18-16-10-12-9-11-5-1-2-6-13(11)17(12)15-8-4-3-7-14(15)16;1-9(2)10(3,4)16-13(15-9)14-17-11(5,6)12(7,8)18-14;11-9-3-1-8-6-10(12)4-2-7(8)5-9/h5-22H,1-4H3;1-18H;5-16H,1-4H3;1-8,10H,9H2;1-8H3;1-6H. The third kappa shape index (κ3) is 18.9. The van der Waals surface area contributed by atoms with Gasteiger partial charge in [0.05, 0.1) is 77.9 Å². The van der Waals surface area contributed by atoms with Crippen molar-refractivity contribution in [3.05, 3.63) is 410 Å². The van der Waals surface area contributed by atoms with Crippen LogP contribution in [0.3, 0.4) is 0 Å². The molecule has 0 amide bonds. The molecule has 26 rings (SSSR count). The molecule has 7 heterocycles. The van der Waals surface area contributed by atoms with Crippen LogP contribution in [0.25, 0.3) is 159 Å². The van der Waals surface area contributed by atoms with Gasteiger partial charge in [0.25, 0.3) is 0 Å². The zero-order valence-electron chi connectivity index (χ0n) is 84.0. The molecule has 716 valence electrons.